The highest BCUT2D eigenvalue weighted by atomic mass is 127. The number of carbonyl (C=O) groups is 1. The standard InChI is InChI=1S/C17H37N5O2.HI/c1-6-18-17(19-11-10-16(23)22(7-2)8-3)20-12-14-21(4)13-9-15-24-5;/h6-15H2,1-5H3,(H2,18,19,20);1H. The number of amides is 1. The second kappa shape index (κ2) is 18.2. The van der Waals surface area contributed by atoms with Crippen molar-refractivity contribution >= 4 is 35.8 Å². The molecule has 7 nitrogen and oxygen atoms in total. The maximum Gasteiger partial charge on any atom is 0.224 e. The number of halogens is 1. The Kier molecular flexibility index (Phi) is 19.4. The second-order valence-electron chi connectivity index (χ2n) is 5.65. The van der Waals surface area contributed by atoms with Crippen molar-refractivity contribution < 1.29 is 9.53 Å². The van der Waals surface area contributed by atoms with Crippen LogP contribution in [0.3, 0.4) is 0 Å². The predicted molar refractivity (Wildman–Crippen MR) is 116 cm³/mol. The minimum atomic E-state index is 0. The van der Waals surface area contributed by atoms with E-state index >= 15 is 0 Å². The summed E-state index contributed by atoms with van der Waals surface area (Å²) in [6.07, 6.45) is 1.52. The van der Waals surface area contributed by atoms with Crippen LogP contribution in [0.25, 0.3) is 0 Å². The van der Waals surface area contributed by atoms with Crippen molar-refractivity contribution in [1.82, 2.24) is 20.4 Å². The zero-order chi connectivity index (χ0) is 18.2. The van der Waals surface area contributed by atoms with Crippen LogP contribution in [0.15, 0.2) is 4.99 Å². The number of hydrogen-bond acceptors (Lipinski definition) is 4. The molecule has 0 aromatic rings. The van der Waals surface area contributed by atoms with Crippen LogP contribution >= 0.6 is 24.0 Å². The van der Waals surface area contributed by atoms with Crippen LogP contribution < -0.4 is 10.6 Å². The number of aliphatic imine (C=N–C) groups is 1. The van der Waals surface area contributed by atoms with Crippen LogP contribution in [0.1, 0.15) is 33.6 Å². The Bertz CT molecular complexity index is 352. The molecular weight excluding hydrogens is 433 g/mol. The first-order valence-electron chi connectivity index (χ1n) is 9.06. The maximum atomic E-state index is 12.0. The van der Waals surface area contributed by atoms with Gasteiger partial charge in [0.1, 0.15) is 0 Å². The number of nitrogens with one attached hydrogen (secondary N) is 2. The van der Waals surface area contributed by atoms with E-state index in [0.717, 1.165) is 58.3 Å². The molecule has 0 aliphatic rings. The third-order valence-electron chi connectivity index (χ3n) is 3.73. The molecule has 0 saturated heterocycles. The van der Waals surface area contributed by atoms with E-state index in [1.165, 1.54) is 0 Å². The molecule has 0 aromatic carbocycles. The number of hydrogen-bond donors (Lipinski definition) is 2. The Morgan fingerprint density at radius 2 is 1.80 bits per heavy atom. The molecule has 8 heteroatoms. The van der Waals surface area contributed by atoms with Crippen LogP contribution in [0.2, 0.25) is 0 Å². The molecule has 0 heterocycles. The first-order chi connectivity index (χ1) is 11.6. The van der Waals surface area contributed by atoms with E-state index < -0.39 is 0 Å². The predicted octanol–water partition coefficient (Wildman–Crippen LogP) is 1.39. The molecule has 150 valence electrons. The van der Waals surface area contributed by atoms with Crippen LogP contribution in [-0.4, -0.2) is 88.2 Å². The molecule has 25 heavy (non-hydrogen) atoms. The van der Waals surface area contributed by atoms with Gasteiger partial charge in [0, 0.05) is 59.4 Å². The molecule has 0 atom stereocenters. The maximum absolute atomic E-state index is 12.0. The van der Waals surface area contributed by atoms with E-state index in [9.17, 15) is 4.79 Å². The Labute approximate surface area is 171 Å². The molecule has 0 saturated carbocycles. The van der Waals surface area contributed by atoms with Crippen molar-refractivity contribution in [3.05, 3.63) is 0 Å². The normalized spacial score (nSPS) is 11.2. The van der Waals surface area contributed by atoms with E-state index in [2.05, 4.69) is 27.6 Å². The minimum Gasteiger partial charge on any atom is -0.385 e. The average molecular weight is 471 g/mol. The lowest BCUT2D eigenvalue weighted by molar-refractivity contribution is -0.130. The van der Waals surface area contributed by atoms with Gasteiger partial charge in [0.05, 0.1) is 6.54 Å². The van der Waals surface area contributed by atoms with Gasteiger partial charge in [0.2, 0.25) is 5.91 Å². The van der Waals surface area contributed by atoms with Gasteiger partial charge in [0.15, 0.2) is 5.96 Å². The van der Waals surface area contributed by atoms with Gasteiger partial charge in [-0.2, -0.15) is 0 Å². The molecular formula is C17H38IN5O2. The van der Waals surface area contributed by atoms with Crippen molar-refractivity contribution in [1.29, 1.82) is 0 Å². The number of guanidine groups is 1. The van der Waals surface area contributed by atoms with Crippen LogP contribution in [0.5, 0.6) is 0 Å². The van der Waals surface area contributed by atoms with Gasteiger partial charge in [-0.1, -0.05) is 0 Å². The first kappa shape index (κ1) is 26.6. The summed E-state index contributed by atoms with van der Waals surface area (Å²) in [5, 5.41) is 6.45. The summed E-state index contributed by atoms with van der Waals surface area (Å²) in [7, 11) is 3.82. The molecule has 0 aromatic heterocycles. The summed E-state index contributed by atoms with van der Waals surface area (Å²) < 4.78 is 5.06. The lowest BCUT2D eigenvalue weighted by Crippen LogP contribution is -2.40. The molecule has 0 radical (unpaired) electrons. The van der Waals surface area contributed by atoms with Gasteiger partial charge >= 0.3 is 0 Å². The van der Waals surface area contributed by atoms with Crippen molar-refractivity contribution in [2.45, 2.75) is 33.6 Å². The second-order valence-corrected chi connectivity index (χ2v) is 5.65. The number of carbonyl (C=O) groups excluding carboxylic acids is 1. The fourth-order valence-electron chi connectivity index (χ4n) is 2.29. The van der Waals surface area contributed by atoms with E-state index in [0.29, 0.717) is 13.0 Å². The summed E-state index contributed by atoms with van der Waals surface area (Å²) in [6, 6.07) is 0. The fraction of sp³-hybridized carbons (Fsp3) is 0.882. The van der Waals surface area contributed by atoms with Crippen molar-refractivity contribution in [2.24, 2.45) is 4.99 Å². The van der Waals surface area contributed by atoms with Crippen LogP contribution in [0, 0.1) is 0 Å². The Hall–Kier alpha value is -0.610. The van der Waals surface area contributed by atoms with Gasteiger partial charge in [0.25, 0.3) is 0 Å². The molecule has 0 aliphatic heterocycles. The highest BCUT2D eigenvalue weighted by Gasteiger charge is 2.09. The highest BCUT2D eigenvalue weighted by molar-refractivity contribution is 14.0. The minimum absolute atomic E-state index is 0. The summed E-state index contributed by atoms with van der Waals surface area (Å²) in [5.41, 5.74) is 0. The van der Waals surface area contributed by atoms with Crippen molar-refractivity contribution in [2.75, 3.05) is 66.6 Å². The number of methoxy groups -OCH3 is 1. The molecule has 1 amide bonds. The van der Waals surface area contributed by atoms with E-state index in [-0.39, 0.29) is 29.9 Å². The van der Waals surface area contributed by atoms with E-state index in [4.69, 9.17) is 4.74 Å². The number of ether oxygens (including phenoxy) is 1. The van der Waals surface area contributed by atoms with Gasteiger partial charge in [-0.3, -0.25) is 9.79 Å². The molecule has 0 rings (SSSR count). The third kappa shape index (κ3) is 14.3. The van der Waals surface area contributed by atoms with E-state index in [1.807, 2.05) is 25.7 Å². The van der Waals surface area contributed by atoms with Gasteiger partial charge in [-0.05, 0) is 34.2 Å². The van der Waals surface area contributed by atoms with Gasteiger partial charge in [-0.15, -0.1) is 24.0 Å². The van der Waals surface area contributed by atoms with Crippen LogP contribution in [-0.2, 0) is 9.53 Å². The van der Waals surface area contributed by atoms with Gasteiger partial charge < -0.3 is 25.2 Å². The monoisotopic (exact) mass is 471 g/mol. The zero-order valence-electron chi connectivity index (χ0n) is 16.6. The lowest BCUT2D eigenvalue weighted by Gasteiger charge is -2.19. The molecule has 0 fully saturated rings. The first-order valence-corrected chi connectivity index (χ1v) is 9.06. The summed E-state index contributed by atoms with van der Waals surface area (Å²) >= 11 is 0. The summed E-state index contributed by atoms with van der Waals surface area (Å²) in [5.74, 6) is 0.955. The Morgan fingerprint density at radius 1 is 1.12 bits per heavy atom. The highest BCUT2D eigenvalue weighted by Crippen LogP contribution is 1.93. The lowest BCUT2D eigenvalue weighted by atomic mass is 10.3. The van der Waals surface area contributed by atoms with Gasteiger partial charge in [-0.25, -0.2) is 0 Å². The average Bonchev–Trinajstić information content (AvgIpc) is 2.56. The molecule has 2 N–H and O–H groups in total. The number of likely N-dealkylation sites (N-methyl/N-ethyl adjacent to an activating group) is 1. The number of rotatable bonds is 13. The molecule has 0 aliphatic carbocycles. The SMILES string of the molecule is CCNC(=NCCN(C)CCCOC)NCCC(=O)N(CC)CC.I. The summed E-state index contributed by atoms with van der Waals surface area (Å²) in [4.78, 5) is 20.6. The summed E-state index contributed by atoms with van der Waals surface area (Å²) in [6.45, 7) is 12.4. The Morgan fingerprint density at radius 3 is 2.36 bits per heavy atom. The fourth-order valence-corrected chi connectivity index (χ4v) is 2.29. The molecule has 0 unspecified atom stereocenters. The quantitative estimate of drug-likeness (QED) is 0.184. The number of nitrogens with zero attached hydrogens (tertiary/aromatic N) is 3. The topological polar surface area (TPSA) is 69.2 Å². The van der Waals surface area contributed by atoms with E-state index in [1.54, 1.807) is 7.11 Å². The largest absolute Gasteiger partial charge is 0.385 e. The smallest absolute Gasteiger partial charge is 0.224 e. The van der Waals surface area contributed by atoms with Crippen molar-refractivity contribution in [3.63, 3.8) is 0 Å². The Balaban J connectivity index is 0. The molecule has 0 bridgehead atoms. The molecule has 0 spiro atoms. The van der Waals surface area contributed by atoms with Crippen molar-refractivity contribution in [3.8, 4) is 0 Å². The van der Waals surface area contributed by atoms with Crippen LogP contribution in [0.4, 0.5) is 0 Å². The zero-order valence-corrected chi connectivity index (χ0v) is 19.0. The third-order valence-corrected chi connectivity index (χ3v) is 3.73.